The van der Waals surface area contributed by atoms with Crippen LogP contribution < -0.4 is 11.1 Å². The second-order valence-electron chi connectivity index (χ2n) is 4.92. The first-order valence-electron chi connectivity index (χ1n) is 5.96. The highest BCUT2D eigenvalue weighted by atomic mass is 19.1. The van der Waals surface area contributed by atoms with Gasteiger partial charge in [0, 0.05) is 13.1 Å². The van der Waals surface area contributed by atoms with Gasteiger partial charge in [0.15, 0.2) is 0 Å². The summed E-state index contributed by atoms with van der Waals surface area (Å²) in [6.07, 6.45) is 1.96. The van der Waals surface area contributed by atoms with E-state index < -0.39 is 5.67 Å². The van der Waals surface area contributed by atoms with Crippen LogP contribution in [0.2, 0.25) is 0 Å². The maximum absolute atomic E-state index is 14.9. The standard InChI is InChI=1S/C13H17FN2/c14-13(8-15,10-5-6-10)12-11-4-2-1-3-9(11)7-16-12/h1-4,10,12,16H,5-8,15H2. The highest BCUT2D eigenvalue weighted by Gasteiger charge is 2.52. The minimum absolute atomic E-state index is 0.115. The summed E-state index contributed by atoms with van der Waals surface area (Å²) in [4.78, 5) is 0. The van der Waals surface area contributed by atoms with E-state index in [0.29, 0.717) is 0 Å². The lowest BCUT2D eigenvalue weighted by atomic mass is 9.86. The van der Waals surface area contributed by atoms with E-state index in [1.54, 1.807) is 0 Å². The van der Waals surface area contributed by atoms with Crippen LogP contribution in [0.3, 0.4) is 0 Å². The number of rotatable bonds is 3. The largest absolute Gasteiger partial charge is 0.327 e. The average Bonchev–Trinajstić information content (AvgIpc) is 3.08. The Labute approximate surface area is 95.0 Å². The zero-order valence-electron chi connectivity index (χ0n) is 9.25. The lowest BCUT2D eigenvalue weighted by Crippen LogP contribution is -2.45. The highest BCUT2D eigenvalue weighted by molar-refractivity contribution is 5.36. The van der Waals surface area contributed by atoms with Crippen LogP contribution in [-0.4, -0.2) is 12.2 Å². The van der Waals surface area contributed by atoms with E-state index in [1.165, 1.54) is 5.56 Å². The van der Waals surface area contributed by atoms with Gasteiger partial charge < -0.3 is 11.1 Å². The van der Waals surface area contributed by atoms with Crippen molar-refractivity contribution in [1.82, 2.24) is 5.32 Å². The monoisotopic (exact) mass is 220 g/mol. The van der Waals surface area contributed by atoms with Crippen molar-refractivity contribution in [1.29, 1.82) is 0 Å². The highest BCUT2D eigenvalue weighted by Crippen LogP contribution is 2.50. The molecule has 1 aromatic rings. The van der Waals surface area contributed by atoms with Crippen LogP contribution in [0.15, 0.2) is 24.3 Å². The summed E-state index contributed by atoms with van der Waals surface area (Å²) in [6.45, 7) is 0.878. The van der Waals surface area contributed by atoms with Crippen molar-refractivity contribution in [2.45, 2.75) is 31.1 Å². The molecule has 1 heterocycles. The molecular weight excluding hydrogens is 203 g/mol. The third kappa shape index (κ3) is 1.39. The van der Waals surface area contributed by atoms with Gasteiger partial charge in [-0.15, -0.1) is 0 Å². The molecule has 0 saturated heterocycles. The van der Waals surface area contributed by atoms with Gasteiger partial charge in [0.05, 0.1) is 6.04 Å². The van der Waals surface area contributed by atoms with Crippen LogP contribution in [0.4, 0.5) is 4.39 Å². The molecule has 0 bridgehead atoms. The minimum atomic E-state index is -1.26. The van der Waals surface area contributed by atoms with Crippen molar-refractivity contribution in [3.8, 4) is 0 Å². The number of halogens is 1. The fourth-order valence-electron chi connectivity index (χ4n) is 2.81. The van der Waals surface area contributed by atoms with Crippen molar-refractivity contribution < 1.29 is 4.39 Å². The summed E-state index contributed by atoms with van der Waals surface area (Å²) in [6, 6.07) is 7.85. The number of hydrogen-bond donors (Lipinski definition) is 2. The quantitative estimate of drug-likeness (QED) is 0.816. The van der Waals surface area contributed by atoms with Crippen LogP contribution in [0.5, 0.6) is 0 Å². The summed E-state index contributed by atoms with van der Waals surface area (Å²) in [5, 5.41) is 3.28. The van der Waals surface area contributed by atoms with E-state index >= 15 is 0 Å². The Hall–Kier alpha value is -0.930. The van der Waals surface area contributed by atoms with E-state index in [4.69, 9.17) is 5.73 Å². The molecule has 3 rings (SSSR count). The van der Waals surface area contributed by atoms with E-state index in [2.05, 4.69) is 11.4 Å². The smallest absolute Gasteiger partial charge is 0.145 e. The first-order valence-corrected chi connectivity index (χ1v) is 5.96. The fraction of sp³-hybridized carbons (Fsp3) is 0.538. The molecule has 2 atom stereocenters. The predicted molar refractivity (Wildman–Crippen MR) is 61.6 cm³/mol. The molecule has 86 valence electrons. The Morgan fingerprint density at radius 2 is 2.12 bits per heavy atom. The minimum Gasteiger partial charge on any atom is -0.327 e. The molecule has 1 aliphatic carbocycles. The van der Waals surface area contributed by atoms with Crippen molar-refractivity contribution in [2.24, 2.45) is 11.7 Å². The number of nitrogens with one attached hydrogen (secondary N) is 1. The lowest BCUT2D eigenvalue weighted by molar-refractivity contribution is 0.0920. The van der Waals surface area contributed by atoms with E-state index in [0.717, 1.165) is 24.9 Å². The Kier molecular flexibility index (Phi) is 2.26. The van der Waals surface area contributed by atoms with Gasteiger partial charge in [0.25, 0.3) is 0 Å². The summed E-state index contributed by atoms with van der Waals surface area (Å²) in [5.74, 6) is 0.154. The molecule has 3 heteroatoms. The Morgan fingerprint density at radius 1 is 1.38 bits per heavy atom. The predicted octanol–water partition coefficient (Wildman–Crippen LogP) is 1.91. The van der Waals surface area contributed by atoms with Crippen LogP contribution in [0, 0.1) is 5.92 Å². The third-order valence-corrected chi connectivity index (χ3v) is 3.91. The molecule has 2 aliphatic rings. The maximum Gasteiger partial charge on any atom is 0.145 e. The molecule has 1 aliphatic heterocycles. The molecule has 16 heavy (non-hydrogen) atoms. The second kappa shape index (κ2) is 3.54. The molecule has 0 amide bonds. The van der Waals surface area contributed by atoms with Crippen molar-refractivity contribution >= 4 is 0 Å². The third-order valence-electron chi connectivity index (χ3n) is 3.91. The molecule has 1 fully saturated rings. The van der Waals surface area contributed by atoms with Gasteiger partial charge in [-0.3, -0.25) is 0 Å². The van der Waals surface area contributed by atoms with E-state index in [-0.39, 0.29) is 18.5 Å². The van der Waals surface area contributed by atoms with E-state index in [9.17, 15) is 4.39 Å². The summed E-state index contributed by atoms with van der Waals surface area (Å²) >= 11 is 0. The lowest BCUT2D eigenvalue weighted by Gasteiger charge is -2.31. The topological polar surface area (TPSA) is 38.0 Å². The first kappa shape index (κ1) is 10.2. The van der Waals surface area contributed by atoms with Gasteiger partial charge in [0.1, 0.15) is 5.67 Å². The van der Waals surface area contributed by atoms with Gasteiger partial charge in [-0.25, -0.2) is 4.39 Å². The van der Waals surface area contributed by atoms with Gasteiger partial charge >= 0.3 is 0 Å². The summed E-state index contributed by atoms with van der Waals surface area (Å²) in [7, 11) is 0. The molecule has 3 N–H and O–H groups in total. The Bertz CT molecular complexity index is 403. The van der Waals surface area contributed by atoms with Gasteiger partial charge in [-0.2, -0.15) is 0 Å². The van der Waals surface area contributed by atoms with Gasteiger partial charge in [-0.1, -0.05) is 24.3 Å². The SMILES string of the molecule is NCC(F)(C1CC1)C1NCc2ccccc21. The van der Waals surface area contributed by atoms with Gasteiger partial charge in [-0.05, 0) is 29.9 Å². The van der Waals surface area contributed by atoms with Crippen molar-refractivity contribution in [2.75, 3.05) is 6.54 Å². The molecule has 0 radical (unpaired) electrons. The Morgan fingerprint density at radius 3 is 2.81 bits per heavy atom. The molecular formula is C13H17FN2. The normalized spacial score (nSPS) is 27.5. The molecule has 0 aromatic heterocycles. The van der Waals surface area contributed by atoms with Crippen molar-refractivity contribution in [3.05, 3.63) is 35.4 Å². The van der Waals surface area contributed by atoms with Crippen LogP contribution in [-0.2, 0) is 6.54 Å². The van der Waals surface area contributed by atoms with Crippen LogP contribution in [0.1, 0.15) is 30.0 Å². The molecule has 0 spiro atoms. The first-order chi connectivity index (χ1) is 7.75. The molecule has 1 saturated carbocycles. The number of alkyl halides is 1. The fourth-order valence-corrected chi connectivity index (χ4v) is 2.81. The summed E-state index contributed by atoms with van der Waals surface area (Å²) in [5.41, 5.74) is 6.72. The average molecular weight is 220 g/mol. The number of fused-ring (bicyclic) bond motifs is 1. The maximum atomic E-state index is 14.9. The zero-order valence-corrected chi connectivity index (χ0v) is 9.25. The number of nitrogens with two attached hydrogens (primary N) is 1. The molecule has 2 unspecified atom stereocenters. The number of hydrogen-bond acceptors (Lipinski definition) is 2. The van der Waals surface area contributed by atoms with Crippen LogP contribution >= 0.6 is 0 Å². The number of benzene rings is 1. The Balaban J connectivity index is 1.96. The van der Waals surface area contributed by atoms with E-state index in [1.807, 2.05) is 18.2 Å². The summed E-state index contributed by atoms with van der Waals surface area (Å²) < 4.78 is 14.9. The van der Waals surface area contributed by atoms with Crippen molar-refractivity contribution in [3.63, 3.8) is 0 Å². The van der Waals surface area contributed by atoms with Gasteiger partial charge in [0.2, 0.25) is 0 Å². The molecule has 2 nitrogen and oxygen atoms in total. The zero-order chi connectivity index (χ0) is 11.2. The second-order valence-corrected chi connectivity index (χ2v) is 4.92. The molecule has 1 aromatic carbocycles. The van der Waals surface area contributed by atoms with Crippen LogP contribution in [0.25, 0.3) is 0 Å².